The molecule has 1 aromatic heterocycles. The van der Waals surface area contributed by atoms with Gasteiger partial charge in [-0.05, 0) is 26.3 Å². The SMILES string of the molecule is CCOC(=O)c1[nH]c(C)c(C(=O)N/N=C/c2cccc([N+](=O)[O-])c2)c1C. The van der Waals surface area contributed by atoms with Gasteiger partial charge in [-0.3, -0.25) is 14.9 Å². The molecule has 0 atom stereocenters. The molecule has 0 aliphatic carbocycles. The van der Waals surface area contributed by atoms with Crippen molar-refractivity contribution in [1.29, 1.82) is 0 Å². The maximum atomic E-state index is 12.3. The number of carbonyl (C=O) groups is 2. The summed E-state index contributed by atoms with van der Waals surface area (Å²) in [6.45, 7) is 5.22. The zero-order valence-electron chi connectivity index (χ0n) is 14.5. The largest absolute Gasteiger partial charge is 0.461 e. The molecule has 0 aliphatic rings. The first kappa shape index (κ1) is 18.8. The Morgan fingerprint density at radius 3 is 2.77 bits per heavy atom. The van der Waals surface area contributed by atoms with Crippen LogP contribution in [0.1, 0.15) is 44.6 Å². The number of hydrazone groups is 1. The Hall–Kier alpha value is -3.49. The second kappa shape index (κ2) is 8.06. The minimum atomic E-state index is -0.535. The summed E-state index contributed by atoms with van der Waals surface area (Å²) >= 11 is 0. The van der Waals surface area contributed by atoms with Gasteiger partial charge in [0.2, 0.25) is 0 Å². The molecule has 9 nitrogen and oxygen atoms in total. The van der Waals surface area contributed by atoms with Gasteiger partial charge in [0.05, 0.1) is 23.3 Å². The molecule has 0 unspecified atom stereocenters. The van der Waals surface area contributed by atoms with E-state index in [9.17, 15) is 19.7 Å². The van der Waals surface area contributed by atoms with Gasteiger partial charge in [0.1, 0.15) is 5.69 Å². The molecule has 1 amide bonds. The van der Waals surface area contributed by atoms with Gasteiger partial charge in [0, 0.05) is 23.4 Å². The van der Waals surface area contributed by atoms with Gasteiger partial charge < -0.3 is 9.72 Å². The van der Waals surface area contributed by atoms with Crippen LogP contribution in [0.25, 0.3) is 0 Å². The van der Waals surface area contributed by atoms with Gasteiger partial charge in [0.25, 0.3) is 11.6 Å². The third kappa shape index (κ3) is 4.12. The molecule has 136 valence electrons. The van der Waals surface area contributed by atoms with E-state index in [1.165, 1.54) is 24.4 Å². The van der Waals surface area contributed by atoms with Crippen LogP contribution in [-0.2, 0) is 4.74 Å². The Kier molecular flexibility index (Phi) is 5.84. The number of aromatic amines is 1. The number of carbonyl (C=O) groups excluding carboxylic acids is 2. The molecule has 0 saturated heterocycles. The van der Waals surface area contributed by atoms with E-state index >= 15 is 0 Å². The molecule has 2 rings (SSSR count). The smallest absolute Gasteiger partial charge is 0.355 e. The number of benzene rings is 1. The number of rotatable bonds is 6. The molecule has 0 fully saturated rings. The molecule has 2 aromatic rings. The quantitative estimate of drug-likeness (QED) is 0.355. The van der Waals surface area contributed by atoms with Crippen LogP contribution in [0, 0.1) is 24.0 Å². The standard InChI is InChI=1S/C17H18N4O5/c1-4-26-17(23)15-10(2)14(11(3)19-15)16(22)20-18-9-12-6-5-7-13(8-12)21(24)25/h5-9,19H,4H2,1-3H3,(H,20,22)/b18-9+. The number of nitrogens with zero attached hydrogens (tertiary/aromatic N) is 2. The maximum absolute atomic E-state index is 12.3. The van der Waals surface area contributed by atoms with Crippen LogP contribution in [0.2, 0.25) is 0 Å². The highest BCUT2D eigenvalue weighted by molar-refractivity contribution is 6.01. The lowest BCUT2D eigenvalue weighted by Crippen LogP contribution is -2.19. The van der Waals surface area contributed by atoms with E-state index in [0.29, 0.717) is 22.4 Å². The molecule has 0 bridgehead atoms. The molecular weight excluding hydrogens is 340 g/mol. The van der Waals surface area contributed by atoms with Crippen LogP contribution in [0.15, 0.2) is 29.4 Å². The fourth-order valence-electron chi connectivity index (χ4n) is 2.44. The van der Waals surface area contributed by atoms with Gasteiger partial charge in [-0.2, -0.15) is 5.10 Å². The number of aromatic nitrogens is 1. The van der Waals surface area contributed by atoms with Crippen molar-refractivity contribution in [1.82, 2.24) is 10.4 Å². The van der Waals surface area contributed by atoms with E-state index in [0.717, 1.165) is 0 Å². The van der Waals surface area contributed by atoms with Crippen molar-refractivity contribution in [3.05, 3.63) is 62.5 Å². The average Bonchev–Trinajstić information content (AvgIpc) is 2.90. The number of hydrogen-bond acceptors (Lipinski definition) is 6. The molecule has 1 aromatic carbocycles. The summed E-state index contributed by atoms with van der Waals surface area (Å²) in [5.41, 5.74) is 4.23. The normalized spacial score (nSPS) is 10.7. The third-order valence-corrected chi connectivity index (χ3v) is 3.60. The number of esters is 1. The Balaban J connectivity index is 2.14. The van der Waals surface area contributed by atoms with Crippen LogP contribution in [0.4, 0.5) is 5.69 Å². The number of nitrogens with one attached hydrogen (secondary N) is 2. The number of nitro groups is 1. The summed E-state index contributed by atoms with van der Waals surface area (Å²) in [7, 11) is 0. The Labute approximate surface area is 149 Å². The van der Waals surface area contributed by atoms with E-state index in [1.54, 1.807) is 26.8 Å². The van der Waals surface area contributed by atoms with Crippen LogP contribution in [0.3, 0.4) is 0 Å². The number of amides is 1. The number of aryl methyl sites for hydroxylation is 1. The number of non-ortho nitro benzene ring substituents is 1. The fraction of sp³-hybridized carbons (Fsp3) is 0.235. The second-order valence-electron chi connectivity index (χ2n) is 5.40. The Bertz CT molecular complexity index is 885. The zero-order valence-corrected chi connectivity index (χ0v) is 14.5. The van der Waals surface area contributed by atoms with Crippen LogP contribution >= 0.6 is 0 Å². The van der Waals surface area contributed by atoms with E-state index in [1.807, 2.05) is 0 Å². The van der Waals surface area contributed by atoms with Gasteiger partial charge in [-0.25, -0.2) is 10.2 Å². The monoisotopic (exact) mass is 358 g/mol. The Morgan fingerprint density at radius 1 is 1.38 bits per heavy atom. The molecule has 0 spiro atoms. The first-order chi connectivity index (χ1) is 12.3. The summed E-state index contributed by atoms with van der Waals surface area (Å²) in [5, 5.41) is 14.6. The fourth-order valence-corrected chi connectivity index (χ4v) is 2.44. The van der Waals surface area contributed by atoms with Crippen LogP contribution < -0.4 is 5.43 Å². The molecule has 26 heavy (non-hydrogen) atoms. The van der Waals surface area contributed by atoms with Crippen molar-refractivity contribution >= 4 is 23.8 Å². The lowest BCUT2D eigenvalue weighted by atomic mass is 10.1. The van der Waals surface area contributed by atoms with E-state index in [4.69, 9.17) is 4.74 Å². The predicted molar refractivity (Wildman–Crippen MR) is 94.4 cm³/mol. The summed E-state index contributed by atoms with van der Waals surface area (Å²) in [5.74, 6) is -1.04. The van der Waals surface area contributed by atoms with Crippen molar-refractivity contribution in [2.75, 3.05) is 6.61 Å². The summed E-state index contributed by atoms with van der Waals surface area (Å²) < 4.78 is 4.94. The van der Waals surface area contributed by atoms with Crippen molar-refractivity contribution in [3.8, 4) is 0 Å². The first-order valence-electron chi connectivity index (χ1n) is 7.79. The van der Waals surface area contributed by atoms with Gasteiger partial charge in [0.15, 0.2) is 0 Å². The second-order valence-corrected chi connectivity index (χ2v) is 5.40. The first-order valence-corrected chi connectivity index (χ1v) is 7.79. The van der Waals surface area contributed by atoms with Gasteiger partial charge in [-0.15, -0.1) is 0 Å². The average molecular weight is 358 g/mol. The number of hydrogen-bond donors (Lipinski definition) is 2. The molecule has 0 saturated carbocycles. The minimum Gasteiger partial charge on any atom is -0.461 e. The summed E-state index contributed by atoms with van der Waals surface area (Å²) in [4.78, 5) is 37.3. The Morgan fingerprint density at radius 2 is 2.12 bits per heavy atom. The van der Waals surface area contributed by atoms with Crippen LogP contribution in [-0.4, -0.2) is 34.6 Å². The number of H-pyrrole nitrogens is 1. The van der Waals surface area contributed by atoms with E-state index in [2.05, 4.69) is 15.5 Å². The maximum Gasteiger partial charge on any atom is 0.355 e. The molecule has 9 heteroatoms. The van der Waals surface area contributed by atoms with Crippen molar-refractivity contribution in [2.45, 2.75) is 20.8 Å². The predicted octanol–water partition coefficient (Wildman–Crippen LogP) is 2.48. The third-order valence-electron chi connectivity index (χ3n) is 3.60. The van der Waals surface area contributed by atoms with E-state index in [-0.39, 0.29) is 18.0 Å². The molecule has 0 radical (unpaired) electrons. The van der Waals surface area contributed by atoms with Gasteiger partial charge >= 0.3 is 5.97 Å². The molecular formula is C17H18N4O5. The van der Waals surface area contributed by atoms with E-state index < -0.39 is 16.8 Å². The lowest BCUT2D eigenvalue weighted by Gasteiger charge is -2.02. The molecule has 2 N–H and O–H groups in total. The summed E-state index contributed by atoms with van der Waals surface area (Å²) in [6.07, 6.45) is 1.30. The number of ether oxygens (including phenoxy) is 1. The van der Waals surface area contributed by atoms with Crippen LogP contribution in [0.5, 0.6) is 0 Å². The van der Waals surface area contributed by atoms with Crippen molar-refractivity contribution in [2.24, 2.45) is 5.10 Å². The topological polar surface area (TPSA) is 127 Å². The van der Waals surface area contributed by atoms with Gasteiger partial charge in [-0.1, -0.05) is 12.1 Å². The zero-order chi connectivity index (χ0) is 19.3. The highest BCUT2D eigenvalue weighted by Gasteiger charge is 2.22. The number of nitro benzene ring substituents is 1. The highest BCUT2D eigenvalue weighted by atomic mass is 16.6. The summed E-state index contributed by atoms with van der Waals surface area (Å²) in [6, 6.07) is 5.84. The molecule has 0 aliphatic heterocycles. The highest BCUT2D eigenvalue weighted by Crippen LogP contribution is 2.18. The lowest BCUT2D eigenvalue weighted by molar-refractivity contribution is -0.384. The van der Waals surface area contributed by atoms with Crippen molar-refractivity contribution < 1.29 is 19.2 Å². The van der Waals surface area contributed by atoms with Crippen molar-refractivity contribution in [3.63, 3.8) is 0 Å². The minimum absolute atomic E-state index is 0.0725. The molecule has 1 heterocycles.